The SMILES string of the molecule is COc1ncc(-c2ccc(F)c(Cl)c2)cc1C(=O)O. The van der Waals surface area contributed by atoms with E-state index < -0.39 is 11.8 Å². The van der Waals surface area contributed by atoms with E-state index >= 15 is 0 Å². The molecule has 0 spiro atoms. The highest BCUT2D eigenvalue weighted by Crippen LogP contribution is 2.27. The molecule has 1 heterocycles. The van der Waals surface area contributed by atoms with E-state index in [1.165, 1.54) is 37.6 Å². The first-order valence-electron chi connectivity index (χ1n) is 5.25. The average Bonchev–Trinajstić information content (AvgIpc) is 2.41. The summed E-state index contributed by atoms with van der Waals surface area (Å²) in [5, 5.41) is 9.02. The fourth-order valence-electron chi connectivity index (χ4n) is 1.60. The van der Waals surface area contributed by atoms with E-state index in [4.69, 9.17) is 21.4 Å². The van der Waals surface area contributed by atoms with E-state index in [0.29, 0.717) is 11.1 Å². The number of carboxylic acids is 1. The Kier molecular flexibility index (Phi) is 3.66. The Morgan fingerprint density at radius 3 is 2.68 bits per heavy atom. The van der Waals surface area contributed by atoms with Gasteiger partial charge < -0.3 is 9.84 Å². The van der Waals surface area contributed by atoms with Crippen LogP contribution in [0.3, 0.4) is 0 Å². The van der Waals surface area contributed by atoms with Gasteiger partial charge in [-0.1, -0.05) is 17.7 Å². The number of rotatable bonds is 3. The first-order valence-corrected chi connectivity index (χ1v) is 5.63. The molecule has 1 aromatic carbocycles. The van der Waals surface area contributed by atoms with Gasteiger partial charge >= 0.3 is 5.97 Å². The molecule has 0 fully saturated rings. The van der Waals surface area contributed by atoms with E-state index in [9.17, 15) is 9.18 Å². The van der Waals surface area contributed by atoms with E-state index in [-0.39, 0.29) is 16.5 Å². The highest BCUT2D eigenvalue weighted by Gasteiger charge is 2.14. The lowest BCUT2D eigenvalue weighted by Crippen LogP contribution is -2.02. The summed E-state index contributed by atoms with van der Waals surface area (Å²) >= 11 is 5.69. The van der Waals surface area contributed by atoms with Crippen LogP contribution in [0, 0.1) is 5.82 Å². The smallest absolute Gasteiger partial charge is 0.341 e. The van der Waals surface area contributed by atoms with E-state index in [0.717, 1.165) is 0 Å². The van der Waals surface area contributed by atoms with Crippen LogP contribution in [-0.4, -0.2) is 23.2 Å². The molecule has 0 unspecified atom stereocenters. The molecular weight excluding hydrogens is 273 g/mol. The number of halogens is 2. The van der Waals surface area contributed by atoms with Crippen LogP contribution in [0.15, 0.2) is 30.5 Å². The van der Waals surface area contributed by atoms with Crippen molar-refractivity contribution in [3.8, 4) is 17.0 Å². The third-order valence-corrected chi connectivity index (χ3v) is 2.82. The van der Waals surface area contributed by atoms with Crippen LogP contribution in [0.2, 0.25) is 5.02 Å². The Labute approximate surface area is 113 Å². The summed E-state index contributed by atoms with van der Waals surface area (Å²) in [5.74, 6) is -1.67. The third kappa shape index (κ3) is 2.66. The number of aromatic nitrogens is 1. The maximum atomic E-state index is 13.1. The minimum Gasteiger partial charge on any atom is -0.480 e. The first kappa shape index (κ1) is 13.3. The number of methoxy groups -OCH3 is 1. The van der Waals surface area contributed by atoms with Gasteiger partial charge in [-0.25, -0.2) is 14.2 Å². The van der Waals surface area contributed by atoms with E-state index in [1.807, 2.05) is 0 Å². The van der Waals surface area contributed by atoms with E-state index in [1.54, 1.807) is 0 Å². The van der Waals surface area contributed by atoms with Crippen LogP contribution in [0.4, 0.5) is 4.39 Å². The van der Waals surface area contributed by atoms with Gasteiger partial charge in [-0.3, -0.25) is 0 Å². The summed E-state index contributed by atoms with van der Waals surface area (Å²) < 4.78 is 17.9. The summed E-state index contributed by atoms with van der Waals surface area (Å²) in [7, 11) is 1.34. The van der Waals surface area contributed by atoms with Gasteiger partial charge in [0.2, 0.25) is 5.88 Å². The summed E-state index contributed by atoms with van der Waals surface area (Å²) in [6.45, 7) is 0. The highest BCUT2D eigenvalue weighted by molar-refractivity contribution is 6.31. The van der Waals surface area contributed by atoms with Crippen LogP contribution in [-0.2, 0) is 0 Å². The molecule has 2 rings (SSSR count). The average molecular weight is 282 g/mol. The largest absolute Gasteiger partial charge is 0.480 e. The number of hydrogen-bond donors (Lipinski definition) is 1. The molecule has 1 N–H and O–H groups in total. The molecule has 0 aliphatic heterocycles. The summed E-state index contributed by atoms with van der Waals surface area (Å²) in [4.78, 5) is 15.0. The molecule has 0 radical (unpaired) electrons. The number of hydrogen-bond acceptors (Lipinski definition) is 3. The lowest BCUT2D eigenvalue weighted by Gasteiger charge is -2.07. The molecule has 19 heavy (non-hydrogen) atoms. The van der Waals surface area contributed by atoms with Crippen LogP contribution in [0.1, 0.15) is 10.4 Å². The molecule has 0 atom stereocenters. The van der Waals surface area contributed by atoms with Crippen molar-refractivity contribution in [1.82, 2.24) is 4.98 Å². The zero-order chi connectivity index (χ0) is 14.0. The first-order chi connectivity index (χ1) is 9.02. The van der Waals surface area contributed by atoms with Crippen molar-refractivity contribution < 1.29 is 19.0 Å². The standard InChI is InChI=1S/C13H9ClFNO3/c1-19-12-9(13(17)18)4-8(6-16-12)7-2-3-11(15)10(14)5-7/h2-6H,1H3,(H,17,18). The Hall–Kier alpha value is -2.14. The molecule has 6 heteroatoms. The highest BCUT2D eigenvalue weighted by atomic mass is 35.5. The van der Waals surface area contributed by atoms with Crippen molar-refractivity contribution in [3.05, 3.63) is 46.9 Å². The molecule has 0 saturated heterocycles. The Morgan fingerprint density at radius 2 is 2.11 bits per heavy atom. The molecule has 0 aliphatic rings. The number of carbonyl (C=O) groups is 1. The van der Waals surface area contributed by atoms with Gasteiger partial charge in [-0.2, -0.15) is 0 Å². The number of aromatic carboxylic acids is 1. The van der Waals surface area contributed by atoms with E-state index in [2.05, 4.69) is 4.98 Å². The zero-order valence-electron chi connectivity index (χ0n) is 9.85. The lowest BCUT2D eigenvalue weighted by atomic mass is 10.1. The predicted octanol–water partition coefficient (Wildman–Crippen LogP) is 3.25. The molecular formula is C13H9ClFNO3. The third-order valence-electron chi connectivity index (χ3n) is 2.53. The number of pyridine rings is 1. The fourth-order valence-corrected chi connectivity index (χ4v) is 1.78. The topological polar surface area (TPSA) is 59.4 Å². The minimum absolute atomic E-state index is 0.0180. The second-order valence-corrected chi connectivity index (χ2v) is 4.12. The van der Waals surface area contributed by atoms with Crippen molar-refractivity contribution in [2.45, 2.75) is 0 Å². The summed E-state index contributed by atoms with van der Waals surface area (Å²) in [6, 6.07) is 5.52. The van der Waals surface area contributed by atoms with Crippen molar-refractivity contribution in [3.63, 3.8) is 0 Å². The number of ether oxygens (including phenoxy) is 1. The molecule has 4 nitrogen and oxygen atoms in total. The van der Waals surface area contributed by atoms with Crippen LogP contribution in [0.5, 0.6) is 5.88 Å². The van der Waals surface area contributed by atoms with Gasteiger partial charge in [0.15, 0.2) is 0 Å². The minimum atomic E-state index is -1.15. The summed E-state index contributed by atoms with van der Waals surface area (Å²) in [5.41, 5.74) is 1.02. The lowest BCUT2D eigenvalue weighted by molar-refractivity contribution is 0.0692. The van der Waals surface area contributed by atoms with Crippen LogP contribution < -0.4 is 4.74 Å². The maximum Gasteiger partial charge on any atom is 0.341 e. The van der Waals surface area contributed by atoms with Crippen molar-refractivity contribution in [2.75, 3.05) is 7.11 Å². The van der Waals surface area contributed by atoms with Crippen molar-refractivity contribution in [1.29, 1.82) is 0 Å². The van der Waals surface area contributed by atoms with Gasteiger partial charge in [0.05, 0.1) is 12.1 Å². The van der Waals surface area contributed by atoms with Crippen LogP contribution >= 0.6 is 11.6 Å². The predicted molar refractivity (Wildman–Crippen MR) is 68.2 cm³/mol. The molecule has 2 aromatic rings. The molecule has 0 amide bonds. The monoisotopic (exact) mass is 281 g/mol. The van der Waals surface area contributed by atoms with Gasteiger partial charge in [0.25, 0.3) is 0 Å². The fraction of sp³-hybridized carbons (Fsp3) is 0.0769. The number of benzene rings is 1. The molecule has 1 aromatic heterocycles. The Morgan fingerprint density at radius 1 is 1.37 bits per heavy atom. The van der Waals surface area contributed by atoms with Crippen molar-refractivity contribution in [2.24, 2.45) is 0 Å². The van der Waals surface area contributed by atoms with Crippen molar-refractivity contribution >= 4 is 17.6 Å². The Bertz CT molecular complexity index is 646. The van der Waals surface area contributed by atoms with Gasteiger partial charge in [-0.05, 0) is 23.8 Å². The second kappa shape index (κ2) is 5.24. The number of nitrogens with zero attached hydrogens (tertiary/aromatic N) is 1. The summed E-state index contributed by atoms with van der Waals surface area (Å²) in [6.07, 6.45) is 1.44. The van der Waals surface area contributed by atoms with Gasteiger partial charge in [-0.15, -0.1) is 0 Å². The zero-order valence-corrected chi connectivity index (χ0v) is 10.6. The van der Waals surface area contributed by atoms with Gasteiger partial charge in [0.1, 0.15) is 11.4 Å². The second-order valence-electron chi connectivity index (χ2n) is 3.71. The molecule has 0 bridgehead atoms. The maximum absolute atomic E-state index is 13.1. The molecule has 98 valence electrons. The molecule has 0 saturated carbocycles. The number of carboxylic acid groups (broad SMARTS) is 1. The Balaban J connectivity index is 2.53. The molecule has 0 aliphatic carbocycles. The van der Waals surface area contributed by atoms with Crippen LogP contribution in [0.25, 0.3) is 11.1 Å². The normalized spacial score (nSPS) is 10.3. The quantitative estimate of drug-likeness (QED) is 0.938. The van der Waals surface area contributed by atoms with Gasteiger partial charge in [0, 0.05) is 11.8 Å².